The van der Waals surface area contributed by atoms with Crippen LogP contribution < -0.4 is 5.14 Å². The summed E-state index contributed by atoms with van der Waals surface area (Å²) >= 11 is 0. The van der Waals surface area contributed by atoms with Gasteiger partial charge in [0.2, 0.25) is 10.0 Å². The smallest absolute Gasteiger partial charge is 0.435 e. The van der Waals surface area contributed by atoms with Crippen LogP contribution in [-0.4, -0.2) is 29.3 Å². The molecule has 3 aromatic rings. The number of carboxylic acid groups (broad SMARTS) is 1. The highest BCUT2D eigenvalue weighted by molar-refractivity contribution is 7.89. The summed E-state index contributed by atoms with van der Waals surface area (Å²) < 4.78 is 77.7. The number of nitrogens with zero attached hydrogens (tertiary/aromatic N) is 2. The molecular weight excluding hydrogens is 430 g/mol. The first-order valence-electron chi connectivity index (χ1n) is 8.18. The normalized spacial score (nSPS) is 12.2. The Morgan fingerprint density at radius 3 is 2.10 bits per heavy atom. The molecule has 158 valence electrons. The van der Waals surface area contributed by atoms with Crippen molar-refractivity contribution in [3.8, 4) is 16.9 Å². The van der Waals surface area contributed by atoms with Gasteiger partial charge in [0.15, 0.2) is 5.69 Å². The van der Waals surface area contributed by atoms with Gasteiger partial charge in [-0.05, 0) is 48.5 Å². The van der Waals surface area contributed by atoms with Gasteiger partial charge in [-0.2, -0.15) is 18.3 Å². The van der Waals surface area contributed by atoms with Crippen molar-refractivity contribution >= 4 is 16.0 Å². The SMILES string of the molecule is NS(=O)(=O)c1ccc(-n2nc(C(F)(F)F)c(CC(=O)O)c2-c2ccc(F)cc2)cc1. The summed E-state index contributed by atoms with van der Waals surface area (Å²) in [5, 5.41) is 17.7. The topological polar surface area (TPSA) is 115 Å². The maximum absolute atomic E-state index is 13.6. The largest absolute Gasteiger partial charge is 0.481 e. The van der Waals surface area contributed by atoms with Gasteiger partial charge in [0, 0.05) is 11.1 Å². The minimum Gasteiger partial charge on any atom is -0.481 e. The predicted molar refractivity (Wildman–Crippen MR) is 96.7 cm³/mol. The first-order valence-corrected chi connectivity index (χ1v) is 9.72. The molecule has 1 heterocycles. The number of sulfonamides is 1. The van der Waals surface area contributed by atoms with Crippen LogP contribution in [-0.2, 0) is 27.4 Å². The maximum Gasteiger partial charge on any atom is 0.435 e. The van der Waals surface area contributed by atoms with Crippen molar-refractivity contribution in [1.82, 2.24) is 9.78 Å². The molecule has 0 atom stereocenters. The Morgan fingerprint density at radius 1 is 1.07 bits per heavy atom. The molecular formula is C18H13F4N3O4S. The zero-order valence-corrected chi connectivity index (χ0v) is 15.7. The Morgan fingerprint density at radius 2 is 1.63 bits per heavy atom. The van der Waals surface area contributed by atoms with Crippen LogP contribution in [0.25, 0.3) is 16.9 Å². The molecule has 0 bridgehead atoms. The molecule has 3 rings (SSSR count). The average molecular weight is 443 g/mol. The van der Waals surface area contributed by atoms with Crippen molar-refractivity contribution in [3.05, 3.63) is 65.6 Å². The second-order valence-corrected chi connectivity index (χ2v) is 7.76. The Labute approximate surface area is 167 Å². The third-order valence-corrected chi connectivity index (χ3v) is 5.04. The molecule has 0 amide bonds. The van der Waals surface area contributed by atoms with Crippen LogP contribution in [0.15, 0.2) is 53.4 Å². The Kier molecular flexibility index (Phi) is 5.39. The standard InChI is InChI=1S/C18H13F4N3O4S/c19-11-3-1-10(2-4-11)16-14(9-15(26)27)17(18(20,21)22)24-25(16)12-5-7-13(8-6-12)30(23,28)29/h1-8H,9H2,(H,26,27)(H2,23,28,29). The number of aliphatic carboxylic acids is 1. The van der Waals surface area contributed by atoms with E-state index in [2.05, 4.69) is 5.10 Å². The molecule has 2 aromatic carbocycles. The van der Waals surface area contributed by atoms with Crippen LogP contribution in [0.5, 0.6) is 0 Å². The molecule has 12 heteroatoms. The summed E-state index contributed by atoms with van der Waals surface area (Å²) in [5.41, 5.74) is -2.14. The Balaban J connectivity index is 2.32. The van der Waals surface area contributed by atoms with E-state index in [9.17, 15) is 30.8 Å². The van der Waals surface area contributed by atoms with Gasteiger partial charge in [0.25, 0.3) is 0 Å². The molecule has 0 saturated heterocycles. The van der Waals surface area contributed by atoms with E-state index in [0.717, 1.165) is 28.9 Å². The van der Waals surface area contributed by atoms with Crippen molar-refractivity contribution in [2.24, 2.45) is 5.14 Å². The first-order chi connectivity index (χ1) is 13.9. The van der Waals surface area contributed by atoms with Gasteiger partial charge in [-0.1, -0.05) is 0 Å². The minimum atomic E-state index is -4.97. The van der Waals surface area contributed by atoms with Gasteiger partial charge >= 0.3 is 12.1 Å². The molecule has 0 spiro atoms. The number of nitrogens with two attached hydrogens (primary N) is 1. The lowest BCUT2D eigenvalue weighted by atomic mass is 10.0. The van der Waals surface area contributed by atoms with Crippen LogP contribution in [0, 0.1) is 5.82 Å². The van der Waals surface area contributed by atoms with Crippen molar-refractivity contribution in [1.29, 1.82) is 0 Å². The Hall–Kier alpha value is -3.25. The second-order valence-electron chi connectivity index (χ2n) is 6.20. The molecule has 0 unspecified atom stereocenters. The number of carboxylic acids is 1. The van der Waals surface area contributed by atoms with E-state index in [0.29, 0.717) is 0 Å². The van der Waals surface area contributed by atoms with Crippen molar-refractivity contribution in [2.45, 2.75) is 17.5 Å². The molecule has 0 radical (unpaired) electrons. The van der Waals surface area contributed by atoms with Crippen LogP contribution in [0.4, 0.5) is 17.6 Å². The minimum absolute atomic E-state index is 0.0175. The second kappa shape index (κ2) is 7.54. The molecule has 0 fully saturated rings. The number of hydrogen-bond donors (Lipinski definition) is 2. The van der Waals surface area contributed by atoms with E-state index in [1.807, 2.05) is 0 Å². The van der Waals surface area contributed by atoms with Crippen LogP contribution in [0.2, 0.25) is 0 Å². The summed E-state index contributed by atoms with van der Waals surface area (Å²) in [6.07, 6.45) is -5.96. The number of rotatable bonds is 5. The zero-order chi connectivity index (χ0) is 22.3. The number of benzene rings is 2. The van der Waals surface area contributed by atoms with Gasteiger partial charge in [0.05, 0.1) is 22.7 Å². The fourth-order valence-electron chi connectivity index (χ4n) is 2.86. The van der Waals surface area contributed by atoms with E-state index in [-0.39, 0.29) is 21.8 Å². The number of carbonyl (C=O) groups is 1. The molecule has 3 N–H and O–H groups in total. The number of hydrogen-bond acceptors (Lipinski definition) is 4. The van der Waals surface area contributed by atoms with Gasteiger partial charge in [-0.25, -0.2) is 22.6 Å². The summed E-state index contributed by atoms with van der Waals surface area (Å²) in [7, 11) is -4.04. The molecule has 7 nitrogen and oxygen atoms in total. The lowest BCUT2D eigenvalue weighted by Gasteiger charge is -2.10. The lowest BCUT2D eigenvalue weighted by Crippen LogP contribution is -2.12. The van der Waals surface area contributed by atoms with Gasteiger partial charge in [-0.3, -0.25) is 4.79 Å². The van der Waals surface area contributed by atoms with E-state index in [1.54, 1.807) is 0 Å². The van der Waals surface area contributed by atoms with Crippen LogP contribution >= 0.6 is 0 Å². The van der Waals surface area contributed by atoms with Crippen molar-refractivity contribution in [3.63, 3.8) is 0 Å². The molecule has 1 aromatic heterocycles. The average Bonchev–Trinajstić information content (AvgIpc) is 3.00. The molecule has 30 heavy (non-hydrogen) atoms. The number of primary sulfonamides is 1. The molecule has 0 saturated carbocycles. The molecule has 0 aliphatic heterocycles. The van der Waals surface area contributed by atoms with Gasteiger partial charge < -0.3 is 5.11 Å². The fourth-order valence-corrected chi connectivity index (χ4v) is 3.38. The highest BCUT2D eigenvalue weighted by Gasteiger charge is 2.40. The Bertz CT molecular complexity index is 1200. The monoisotopic (exact) mass is 443 g/mol. The van der Waals surface area contributed by atoms with Crippen LogP contribution in [0.3, 0.4) is 0 Å². The molecule has 0 aliphatic carbocycles. The lowest BCUT2D eigenvalue weighted by molar-refractivity contribution is -0.142. The number of aromatic nitrogens is 2. The van der Waals surface area contributed by atoms with Gasteiger partial charge in [-0.15, -0.1) is 0 Å². The highest BCUT2D eigenvalue weighted by atomic mass is 32.2. The zero-order valence-electron chi connectivity index (χ0n) is 14.9. The summed E-state index contributed by atoms with van der Waals surface area (Å²) in [5.74, 6) is -2.16. The molecule has 0 aliphatic rings. The maximum atomic E-state index is 13.6. The van der Waals surface area contributed by atoms with E-state index >= 15 is 0 Å². The van der Waals surface area contributed by atoms with Crippen molar-refractivity contribution < 1.29 is 35.9 Å². The van der Waals surface area contributed by atoms with E-state index in [1.165, 1.54) is 24.3 Å². The summed E-state index contributed by atoms with van der Waals surface area (Å²) in [6.45, 7) is 0. The fraction of sp³-hybridized carbons (Fsp3) is 0.111. The van der Waals surface area contributed by atoms with Gasteiger partial charge in [0.1, 0.15) is 5.82 Å². The number of halogens is 4. The highest BCUT2D eigenvalue weighted by Crippen LogP contribution is 2.38. The van der Waals surface area contributed by atoms with Crippen LogP contribution in [0.1, 0.15) is 11.3 Å². The van der Waals surface area contributed by atoms with Crippen molar-refractivity contribution in [2.75, 3.05) is 0 Å². The summed E-state index contributed by atoms with van der Waals surface area (Å²) in [4.78, 5) is 11.0. The van der Waals surface area contributed by atoms with E-state index in [4.69, 9.17) is 10.2 Å². The third kappa shape index (κ3) is 4.33. The van der Waals surface area contributed by atoms with E-state index < -0.39 is 45.7 Å². The quantitative estimate of drug-likeness (QED) is 0.589. The number of alkyl halides is 3. The summed E-state index contributed by atoms with van der Waals surface area (Å²) in [6, 6.07) is 8.88. The first kappa shape index (κ1) is 21.5. The predicted octanol–water partition coefficient (Wildman–Crippen LogP) is 2.97. The third-order valence-electron chi connectivity index (χ3n) is 4.11.